The first kappa shape index (κ1) is 15.4. The van der Waals surface area contributed by atoms with Crippen molar-refractivity contribution >= 4 is 17.3 Å². The highest BCUT2D eigenvalue weighted by molar-refractivity contribution is 6.33. The van der Waals surface area contributed by atoms with Gasteiger partial charge in [-0.25, -0.2) is 0 Å². The summed E-state index contributed by atoms with van der Waals surface area (Å²) in [6, 6.07) is 4.33. The molecule has 1 aromatic carbocycles. The summed E-state index contributed by atoms with van der Waals surface area (Å²) in [7, 11) is 3.36. The van der Waals surface area contributed by atoms with Crippen LogP contribution in [-0.2, 0) is 6.18 Å². The Kier molecular flexibility index (Phi) is 3.95. The van der Waals surface area contributed by atoms with Crippen molar-refractivity contribution in [3.8, 4) is 5.69 Å². The van der Waals surface area contributed by atoms with Gasteiger partial charge in [0.05, 0.1) is 23.1 Å². The lowest BCUT2D eigenvalue weighted by Gasteiger charge is -2.15. The van der Waals surface area contributed by atoms with Crippen LogP contribution in [0.2, 0.25) is 5.02 Å². The number of rotatable bonds is 2. The molecular formula is C13H11ClF3N3O. The number of nitrogens with zero attached hydrogens (tertiary/aromatic N) is 3. The first-order valence-electron chi connectivity index (χ1n) is 5.84. The molecule has 0 N–H and O–H groups in total. The molecule has 0 fully saturated rings. The van der Waals surface area contributed by atoms with Crippen molar-refractivity contribution in [2.24, 2.45) is 0 Å². The molecule has 0 aliphatic rings. The summed E-state index contributed by atoms with van der Waals surface area (Å²) in [4.78, 5) is 13.7. The number of hydrogen-bond donors (Lipinski definition) is 0. The third kappa shape index (κ3) is 3.02. The summed E-state index contributed by atoms with van der Waals surface area (Å²) in [5.41, 5.74) is -1.14. The van der Waals surface area contributed by atoms with Crippen molar-refractivity contribution in [2.45, 2.75) is 6.18 Å². The molecule has 2 rings (SSSR count). The summed E-state index contributed by atoms with van der Waals surface area (Å²) in [5.74, 6) is 0. The highest BCUT2D eigenvalue weighted by atomic mass is 35.5. The molecule has 0 atom stereocenters. The molecule has 21 heavy (non-hydrogen) atoms. The van der Waals surface area contributed by atoms with E-state index in [9.17, 15) is 18.0 Å². The Morgan fingerprint density at radius 3 is 2.52 bits per heavy atom. The molecule has 0 saturated carbocycles. The van der Waals surface area contributed by atoms with E-state index < -0.39 is 17.3 Å². The molecular weight excluding hydrogens is 307 g/mol. The van der Waals surface area contributed by atoms with E-state index in [2.05, 4.69) is 5.10 Å². The molecule has 0 bridgehead atoms. The van der Waals surface area contributed by atoms with Gasteiger partial charge in [-0.3, -0.25) is 4.79 Å². The van der Waals surface area contributed by atoms with Gasteiger partial charge in [0.1, 0.15) is 5.02 Å². The summed E-state index contributed by atoms with van der Waals surface area (Å²) in [5, 5.41) is 3.76. The Morgan fingerprint density at radius 1 is 1.29 bits per heavy atom. The molecule has 8 heteroatoms. The van der Waals surface area contributed by atoms with E-state index in [0.717, 1.165) is 16.8 Å². The van der Waals surface area contributed by atoms with Gasteiger partial charge in [0, 0.05) is 14.1 Å². The number of anilines is 1. The standard InChI is InChI=1S/C13H11ClF3N3O/c1-19(2)10-7-18-20(12(21)11(10)14)9-5-3-4-8(6-9)13(15,16)17/h3-7H,1-2H3. The van der Waals surface area contributed by atoms with Gasteiger partial charge in [-0.1, -0.05) is 17.7 Å². The summed E-state index contributed by atoms with van der Waals surface area (Å²) >= 11 is 5.94. The van der Waals surface area contributed by atoms with Gasteiger partial charge >= 0.3 is 6.18 Å². The van der Waals surface area contributed by atoms with Gasteiger partial charge in [0.15, 0.2) is 0 Å². The van der Waals surface area contributed by atoms with Crippen molar-refractivity contribution in [2.75, 3.05) is 19.0 Å². The average Bonchev–Trinajstić information content (AvgIpc) is 2.40. The number of alkyl halides is 3. The minimum atomic E-state index is -4.49. The third-order valence-electron chi connectivity index (χ3n) is 2.80. The number of aromatic nitrogens is 2. The number of hydrogen-bond acceptors (Lipinski definition) is 3. The van der Waals surface area contributed by atoms with Gasteiger partial charge in [-0.15, -0.1) is 0 Å². The summed E-state index contributed by atoms with van der Waals surface area (Å²) in [6.07, 6.45) is -3.17. The lowest BCUT2D eigenvalue weighted by Crippen LogP contribution is -2.25. The van der Waals surface area contributed by atoms with E-state index in [1.165, 1.54) is 18.3 Å². The lowest BCUT2D eigenvalue weighted by atomic mass is 10.2. The van der Waals surface area contributed by atoms with Crippen LogP contribution in [0.4, 0.5) is 18.9 Å². The Bertz CT molecular complexity index is 725. The molecule has 0 aliphatic heterocycles. The Hall–Kier alpha value is -2.02. The van der Waals surface area contributed by atoms with Gasteiger partial charge in [0.2, 0.25) is 0 Å². The molecule has 0 aliphatic carbocycles. The van der Waals surface area contributed by atoms with Crippen molar-refractivity contribution in [1.29, 1.82) is 0 Å². The zero-order chi connectivity index (χ0) is 15.8. The Morgan fingerprint density at radius 2 is 1.95 bits per heavy atom. The smallest absolute Gasteiger partial charge is 0.375 e. The highest BCUT2D eigenvalue weighted by Crippen LogP contribution is 2.30. The van der Waals surface area contributed by atoms with Crippen LogP contribution >= 0.6 is 11.6 Å². The maximum Gasteiger partial charge on any atom is 0.416 e. The van der Waals surface area contributed by atoms with Crippen molar-refractivity contribution < 1.29 is 13.2 Å². The minimum absolute atomic E-state index is 0.00188. The van der Waals surface area contributed by atoms with Gasteiger partial charge < -0.3 is 4.90 Å². The molecule has 112 valence electrons. The second-order valence-electron chi connectivity index (χ2n) is 4.50. The first-order chi connectivity index (χ1) is 9.71. The maximum atomic E-state index is 12.7. The molecule has 1 heterocycles. The molecule has 4 nitrogen and oxygen atoms in total. The van der Waals surface area contributed by atoms with E-state index >= 15 is 0 Å². The van der Waals surface area contributed by atoms with Crippen LogP contribution in [0.15, 0.2) is 35.3 Å². The lowest BCUT2D eigenvalue weighted by molar-refractivity contribution is -0.137. The monoisotopic (exact) mass is 317 g/mol. The fraction of sp³-hybridized carbons (Fsp3) is 0.231. The number of benzene rings is 1. The van der Waals surface area contributed by atoms with E-state index in [4.69, 9.17) is 11.6 Å². The molecule has 0 unspecified atom stereocenters. The van der Waals surface area contributed by atoms with Crippen molar-refractivity contribution in [3.05, 3.63) is 51.4 Å². The molecule has 0 saturated heterocycles. The van der Waals surface area contributed by atoms with Crippen molar-refractivity contribution in [1.82, 2.24) is 9.78 Å². The second-order valence-corrected chi connectivity index (χ2v) is 4.88. The normalized spacial score (nSPS) is 11.5. The molecule has 1 aromatic heterocycles. The predicted octanol–water partition coefficient (Wildman–Crippen LogP) is 2.97. The minimum Gasteiger partial charge on any atom is -0.375 e. The second kappa shape index (κ2) is 5.40. The average molecular weight is 318 g/mol. The van der Waals surface area contributed by atoms with E-state index in [1.54, 1.807) is 19.0 Å². The topological polar surface area (TPSA) is 38.1 Å². The van der Waals surface area contributed by atoms with Crippen LogP contribution in [0.3, 0.4) is 0 Å². The molecule has 0 spiro atoms. The fourth-order valence-electron chi connectivity index (χ4n) is 1.73. The van der Waals surface area contributed by atoms with Crippen LogP contribution < -0.4 is 10.5 Å². The van der Waals surface area contributed by atoms with Crippen LogP contribution in [0.1, 0.15) is 5.56 Å². The van der Waals surface area contributed by atoms with Crippen LogP contribution in [-0.4, -0.2) is 23.9 Å². The number of halogens is 4. The molecule has 2 aromatic rings. The van der Waals surface area contributed by atoms with Crippen LogP contribution in [0.25, 0.3) is 5.69 Å². The summed E-state index contributed by atoms with van der Waals surface area (Å²) < 4.78 is 38.9. The van der Waals surface area contributed by atoms with E-state index in [1.807, 2.05) is 0 Å². The zero-order valence-corrected chi connectivity index (χ0v) is 11.9. The molecule has 0 radical (unpaired) electrons. The fourth-order valence-corrected chi connectivity index (χ4v) is 2.03. The van der Waals surface area contributed by atoms with Gasteiger partial charge in [-0.2, -0.15) is 23.0 Å². The Balaban J connectivity index is 2.59. The predicted molar refractivity (Wildman–Crippen MR) is 74.2 cm³/mol. The van der Waals surface area contributed by atoms with Crippen LogP contribution in [0, 0.1) is 0 Å². The zero-order valence-electron chi connectivity index (χ0n) is 11.1. The highest BCUT2D eigenvalue weighted by Gasteiger charge is 2.30. The first-order valence-corrected chi connectivity index (χ1v) is 6.22. The SMILES string of the molecule is CN(C)c1cnn(-c2cccc(C(F)(F)F)c2)c(=O)c1Cl. The molecule has 0 amide bonds. The summed E-state index contributed by atoms with van der Waals surface area (Å²) in [6.45, 7) is 0. The quantitative estimate of drug-likeness (QED) is 0.854. The van der Waals surface area contributed by atoms with Gasteiger partial charge in [-0.05, 0) is 18.2 Å². The van der Waals surface area contributed by atoms with Crippen LogP contribution in [0.5, 0.6) is 0 Å². The van der Waals surface area contributed by atoms with E-state index in [0.29, 0.717) is 5.69 Å². The van der Waals surface area contributed by atoms with E-state index in [-0.39, 0.29) is 10.7 Å². The third-order valence-corrected chi connectivity index (χ3v) is 3.16. The maximum absolute atomic E-state index is 12.7. The van der Waals surface area contributed by atoms with Gasteiger partial charge in [0.25, 0.3) is 5.56 Å². The Labute approximate surface area is 123 Å². The van der Waals surface area contributed by atoms with Crippen molar-refractivity contribution in [3.63, 3.8) is 0 Å². The largest absolute Gasteiger partial charge is 0.416 e.